The summed E-state index contributed by atoms with van der Waals surface area (Å²) in [6.45, 7) is 1.59. The molecule has 3 aromatic heterocycles. The first-order valence-corrected chi connectivity index (χ1v) is 13.4. The molecule has 6 rings (SSSR count). The van der Waals surface area contributed by atoms with Crippen molar-refractivity contribution in [2.75, 3.05) is 11.1 Å². The molecule has 43 heavy (non-hydrogen) atoms. The molecule has 0 unspecified atom stereocenters. The Labute approximate surface area is 242 Å². The van der Waals surface area contributed by atoms with Crippen LogP contribution in [0.1, 0.15) is 54.9 Å². The molecule has 4 aromatic rings. The SMILES string of the molecule is CC#CC(=O)NC12CCC(n3c(=O)n(-c4ccc(C(=O)Nc5cc(C(F)(F)F)ccn5)cc4)c4c(N)ncnc43)(CC1)C2. The number of hydrogen-bond donors (Lipinski definition) is 3. The number of carbonyl (C=O) groups is 2. The van der Waals surface area contributed by atoms with Crippen LogP contribution in [0.3, 0.4) is 0 Å². The summed E-state index contributed by atoms with van der Waals surface area (Å²) in [4.78, 5) is 51.5. The van der Waals surface area contributed by atoms with E-state index in [1.165, 1.54) is 35.2 Å². The van der Waals surface area contributed by atoms with Crippen molar-refractivity contribution in [3.05, 3.63) is 70.5 Å². The summed E-state index contributed by atoms with van der Waals surface area (Å²) in [5.74, 6) is 3.93. The highest BCUT2D eigenvalue weighted by Crippen LogP contribution is 2.55. The minimum absolute atomic E-state index is 0.0865. The third kappa shape index (κ3) is 4.76. The monoisotopic (exact) mass is 590 g/mol. The van der Waals surface area contributed by atoms with Crippen molar-refractivity contribution in [1.82, 2.24) is 29.4 Å². The molecule has 0 radical (unpaired) electrons. The number of nitrogens with zero attached hydrogens (tertiary/aromatic N) is 5. The molecular weight excluding hydrogens is 565 g/mol. The number of aromatic nitrogens is 5. The summed E-state index contributed by atoms with van der Waals surface area (Å²) >= 11 is 0. The highest BCUT2D eigenvalue weighted by atomic mass is 19.4. The van der Waals surface area contributed by atoms with Gasteiger partial charge >= 0.3 is 11.9 Å². The van der Waals surface area contributed by atoms with Gasteiger partial charge in [0.25, 0.3) is 11.8 Å². The Bertz CT molecular complexity index is 1890. The maximum atomic E-state index is 14.1. The third-order valence-electron chi connectivity index (χ3n) is 8.26. The molecule has 0 spiro atoms. The first kappa shape index (κ1) is 28.0. The third-order valence-corrected chi connectivity index (χ3v) is 8.26. The van der Waals surface area contributed by atoms with Gasteiger partial charge < -0.3 is 16.4 Å². The Morgan fingerprint density at radius 3 is 2.44 bits per heavy atom. The quantitative estimate of drug-likeness (QED) is 0.302. The van der Waals surface area contributed by atoms with Gasteiger partial charge in [-0.1, -0.05) is 5.92 Å². The minimum Gasteiger partial charge on any atom is -0.382 e. The Morgan fingerprint density at radius 2 is 1.77 bits per heavy atom. The van der Waals surface area contributed by atoms with Crippen LogP contribution in [-0.4, -0.2) is 41.4 Å². The second kappa shape index (κ2) is 9.97. The summed E-state index contributed by atoms with van der Waals surface area (Å²) in [6, 6.07) is 7.48. The maximum absolute atomic E-state index is 14.1. The molecule has 220 valence electrons. The number of alkyl halides is 3. The van der Waals surface area contributed by atoms with Gasteiger partial charge in [-0.2, -0.15) is 13.2 Å². The lowest BCUT2D eigenvalue weighted by Crippen LogP contribution is -2.44. The molecule has 0 saturated heterocycles. The lowest BCUT2D eigenvalue weighted by molar-refractivity contribution is -0.137. The van der Waals surface area contributed by atoms with Crippen LogP contribution in [0.5, 0.6) is 0 Å². The van der Waals surface area contributed by atoms with Crippen LogP contribution in [0.2, 0.25) is 0 Å². The number of anilines is 2. The van der Waals surface area contributed by atoms with Crippen molar-refractivity contribution in [3.63, 3.8) is 0 Å². The van der Waals surface area contributed by atoms with Gasteiger partial charge in [-0.15, -0.1) is 0 Å². The maximum Gasteiger partial charge on any atom is 0.416 e. The van der Waals surface area contributed by atoms with Gasteiger partial charge in [0, 0.05) is 17.3 Å². The molecule has 4 N–H and O–H groups in total. The van der Waals surface area contributed by atoms with Gasteiger partial charge in [0.1, 0.15) is 17.7 Å². The topological polar surface area (TPSA) is 150 Å². The average Bonchev–Trinajstić information content (AvgIpc) is 3.61. The van der Waals surface area contributed by atoms with E-state index >= 15 is 0 Å². The molecule has 3 heterocycles. The Kier molecular flexibility index (Phi) is 6.48. The molecule has 1 aromatic carbocycles. The first-order chi connectivity index (χ1) is 20.5. The number of carbonyl (C=O) groups excluding carboxylic acids is 2. The van der Waals surface area contributed by atoms with Gasteiger partial charge in [0.05, 0.1) is 16.8 Å². The average molecular weight is 591 g/mol. The number of rotatable bonds is 5. The smallest absolute Gasteiger partial charge is 0.382 e. The second-order valence-corrected chi connectivity index (χ2v) is 10.8. The minimum atomic E-state index is -4.59. The largest absolute Gasteiger partial charge is 0.416 e. The van der Waals surface area contributed by atoms with E-state index in [0.717, 1.165) is 18.3 Å². The molecule has 11 nitrogen and oxygen atoms in total. The van der Waals surface area contributed by atoms with Crippen LogP contribution in [0.4, 0.5) is 24.8 Å². The van der Waals surface area contributed by atoms with Crippen molar-refractivity contribution in [3.8, 4) is 17.5 Å². The molecule has 2 fully saturated rings. The van der Waals surface area contributed by atoms with E-state index in [4.69, 9.17) is 5.73 Å². The molecule has 2 bridgehead atoms. The van der Waals surface area contributed by atoms with Crippen LogP contribution in [0.25, 0.3) is 16.9 Å². The number of amides is 2. The summed E-state index contributed by atoms with van der Waals surface area (Å²) in [5, 5.41) is 5.41. The number of nitrogen functional groups attached to an aromatic ring is 1. The van der Waals surface area contributed by atoms with E-state index in [-0.39, 0.29) is 23.1 Å². The summed E-state index contributed by atoms with van der Waals surface area (Å²) in [6.07, 6.45) is 0.821. The molecule has 2 aliphatic carbocycles. The zero-order chi connectivity index (χ0) is 30.6. The number of hydrogen-bond acceptors (Lipinski definition) is 7. The number of pyridine rings is 1. The normalized spacial score (nSPS) is 20.9. The molecule has 2 amide bonds. The summed E-state index contributed by atoms with van der Waals surface area (Å²) < 4.78 is 42.2. The molecule has 2 saturated carbocycles. The van der Waals surface area contributed by atoms with Crippen LogP contribution < -0.4 is 22.1 Å². The van der Waals surface area contributed by atoms with Gasteiger partial charge in [-0.25, -0.2) is 19.7 Å². The number of fused-ring (bicyclic) bond motifs is 3. The summed E-state index contributed by atoms with van der Waals surface area (Å²) in [5.41, 5.74) is 5.00. The fraction of sp³-hybridized carbons (Fsp3) is 0.310. The van der Waals surface area contributed by atoms with Crippen LogP contribution in [0.15, 0.2) is 53.7 Å². The Hall–Kier alpha value is -5.19. The van der Waals surface area contributed by atoms with E-state index < -0.39 is 34.4 Å². The van der Waals surface area contributed by atoms with Crippen molar-refractivity contribution < 1.29 is 22.8 Å². The number of nitrogens with one attached hydrogen (secondary N) is 2. The fourth-order valence-electron chi connectivity index (χ4n) is 6.37. The van der Waals surface area contributed by atoms with Crippen molar-refractivity contribution in [2.45, 2.75) is 56.3 Å². The lowest BCUT2D eigenvalue weighted by atomic mass is 9.91. The molecule has 14 heteroatoms. The lowest BCUT2D eigenvalue weighted by Gasteiger charge is -2.28. The Balaban J connectivity index is 1.34. The predicted octanol–water partition coefficient (Wildman–Crippen LogP) is 3.38. The van der Waals surface area contributed by atoms with E-state index in [1.54, 1.807) is 11.5 Å². The van der Waals surface area contributed by atoms with E-state index in [1.807, 2.05) is 0 Å². The summed E-state index contributed by atoms with van der Waals surface area (Å²) in [7, 11) is 0. The molecule has 2 aliphatic rings. The fourth-order valence-corrected chi connectivity index (χ4v) is 6.37. The van der Waals surface area contributed by atoms with Crippen LogP contribution in [-0.2, 0) is 16.5 Å². The van der Waals surface area contributed by atoms with Gasteiger partial charge in [-0.05, 0) is 81.3 Å². The number of benzene rings is 1. The number of nitrogens with two attached hydrogens (primary N) is 1. The number of imidazole rings is 1. The number of halogens is 3. The highest BCUT2D eigenvalue weighted by molar-refractivity contribution is 6.04. The van der Waals surface area contributed by atoms with E-state index in [2.05, 4.69) is 37.4 Å². The zero-order valence-electron chi connectivity index (χ0n) is 22.8. The van der Waals surface area contributed by atoms with E-state index in [0.29, 0.717) is 49.0 Å². The molecule has 0 atom stereocenters. The molecule has 0 aliphatic heterocycles. The highest BCUT2D eigenvalue weighted by Gasteiger charge is 2.57. The van der Waals surface area contributed by atoms with Gasteiger partial charge in [0.15, 0.2) is 11.5 Å². The Morgan fingerprint density at radius 1 is 1.05 bits per heavy atom. The standard InChI is InChI=1S/C29H25F3N8O3/c1-2-3-21(41)38-27-9-11-28(15-27,12-10-27)40-24-22(23(33)35-16-36-24)39(26(40)43)19-6-4-17(5-7-19)25(42)37-20-14-18(8-13-34-20)29(30,31)32/h4-8,13-14,16H,9-12,15H2,1H3,(H,38,41)(H2,33,35,36)(H,34,37,42). The van der Waals surface area contributed by atoms with Crippen LogP contribution >= 0.6 is 0 Å². The van der Waals surface area contributed by atoms with Crippen LogP contribution in [0, 0.1) is 11.8 Å². The zero-order valence-corrected chi connectivity index (χ0v) is 22.8. The van der Waals surface area contributed by atoms with Gasteiger partial charge in [0.2, 0.25) is 0 Å². The van der Waals surface area contributed by atoms with E-state index in [9.17, 15) is 27.6 Å². The first-order valence-electron chi connectivity index (χ1n) is 13.4. The second-order valence-electron chi connectivity index (χ2n) is 10.8. The predicted molar refractivity (Wildman–Crippen MR) is 150 cm³/mol. The van der Waals surface area contributed by atoms with Gasteiger partial charge in [-0.3, -0.25) is 18.7 Å². The van der Waals surface area contributed by atoms with Crippen molar-refractivity contribution in [2.24, 2.45) is 0 Å². The van der Waals surface area contributed by atoms with Crippen molar-refractivity contribution in [1.29, 1.82) is 0 Å². The van der Waals surface area contributed by atoms with Crippen molar-refractivity contribution >= 4 is 34.6 Å². The molecular formula is C29H25F3N8O3.